The van der Waals surface area contributed by atoms with Gasteiger partial charge < -0.3 is 9.88 Å². The quantitative estimate of drug-likeness (QED) is 0.924. The molecule has 94 valence electrons. The van der Waals surface area contributed by atoms with E-state index in [1.807, 2.05) is 19.3 Å². The summed E-state index contributed by atoms with van der Waals surface area (Å²) in [6.07, 6.45) is 5.05. The molecule has 4 heteroatoms. The Morgan fingerprint density at radius 3 is 2.94 bits per heavy atom. The Labute approximate surface area is 115 Å². The van der Waals surface area contributed by atoms with Crippen LogP contribution in [0.4, 0.5) is 0 Å². The molecule has 1 aliphatic rings. The molecule has 0 spiro atoms. The lowest BCUT2D eigenvalue weighted by Gasteiger charge is -2.13. The molecule has 3 rings (SSSR count). The normalized spacial score (nSPS) is 19.3. The highest BCUT2D eigenvalue weighted by Crippen LogP contribution is 2.29. The van der Waals surface area contributed by atoms with Gasteiger partial charge in [-0.2, -0.15) is 0 Å². The van der Waals surface area contributed by atoms with Crippen LogP contribution in [0.3, 0.4) is 0 Å². The number of hydrogen-bond donors (Lipinski definition) is 1. The molecule has 2 aromatic rings. The van der Waals surface area contributed by atoms with E-state index in [9.17, 15) is 0 Å². The Bertz CT molecular complexity index is 556. The number of benzene rings is 1. The Balaban J connectivity index is 1.96. The maximum Gasteiger partial charge on any atom is 0.110 e. The Morgan fingerprint density at radius 2 is 2.33 bits per heavy atom. The molecule has 1 aromatic heterocycles. The van der Waals surface area contributed by atoms with Gasteiger partial charge in [-0.3, -0.25) is 0 Å². The molecule has 0 bridgehead atoms. The molecule has 1 atom stereocenters. The van der Waals surface area contributed by atoms with E-state index in [2.05, 4.69) is 49.0 Å². The first-order valence-electron chi connectivity index (χ1n) is 6.26. The number of nitrogens with zero attached hydrogens (tertiary/aromatic N) is 2. The number of hydrogen-bond acceptors (Lipinski definition) is 2. The number of aryl methyl sites for hydroxylation is 1. The molecular formula is C14H16BrN3. The summed E-state index contributed by atoms with van der Waals surface area (Å²) in [5.74, 6) is 1.66. The lowest BCUT2D eigenvalue weighted by molar-refractivity contribution is 0.762. The minimum atomic E-state index is 0.652. The van der Waals surface area contributed by atoms with Gasteiger partial charge in [0.15, 0.2) is 0 Å². The molecule has 1 saturated heterocycles. The number of aromatic nitrogens is 2. The molecule has 1 N–H and O–H groups in total. The van der Waals surface area contributed by atoms with Crippen LogP contribution in [-0.2, 0) is 0 Å². The third kappa shape index (κ3) is 2.10. The zero-order valence-electron chi connectivity index (χ0n) is 10.4. The van der Waals surface area contributed by atoms with Crippen molar-refractivity contribution in [3.63, 3.8) is 0 Å². The van der Waals surface area contributed by atoms with Gasteiger partial charge in [0.25, 0.3) is 0 Å². The second-order valence-corrected chi connectivity index (χ2v) is 5.60. The van der Waals surface area contributed by atoms with Crippen molar-refractivity contribution in [3.8, 4) is 5.69 Å². The lowest BCUT2D eigenvalue weighted by atomic mass is 9.98. The molecule has 0 amide bonds. The highest BCUT2D eigenvalue weighted by molar-refractivity contribution is 9.10. The van der Waals surface area contributed by atoms with Gasteiger partial charge >= 0.3 is 0 Å². The van der Waals surface area contributed by atoms with Gasteiger partial charge in [-0.15, -0.1) is 0 Å². The third-order valence-corrected chi connectivity index (χ3v) is 4.22. The van der Waals surface area contributed by atoms with Crippen LogP contribution >= 0.6 is 15.9 Å². The minimum absolute atomic E-state index is 0.652. The van der Waals surface area contributed by atoms with Crippen LogP contribution in [0, 0.1) is 6.92 Å². The Kier molecular flexibility index (Phi) is 3.22. The Morgan fingerprint density at radius 1 is 1.44 bits per heavy atom. The number of halogens is 1. The molecule has 0 saturated carbocycles. The maximum atomic E-state index is 4.27. The largest absolute Gasteiger partial charge is 0.316 e. The van der Waals surface area contributed by atoms with Crippen molar-refractivity contribution in [3.05, 3.63) is 46.5 Å². The van der Waals surface area contributed by atoms with Crippen molar-refractivity contribution in [1.29, 1.82) is 0 Å². The molecular weight excluding hydrogens is 290 g/mol. The average Bonchev–Trinajstić information content (AvgIpc) is 3.00. The molecule has 18 heavy (non-hydrogen) atoms. The first-order chi connectivity index (χ1) is 8.75. The highest BCUT2D eigenvalue weighted by Gasteiger charge is 2.17. The smallest absolute Gasteiger partial charge is 0.110 e. The van der Waals surface area contributed by atoms with E-state index in [1.54, 1.807) is 0 Å². The fourth-order valence-corrected chi connectivity index (χ4v) is 3.13. The molecule has 2 heterocycles. The lowest BCUT2D eigenvalue weighted by Crippen LogP contribution is -2.08. The van der Waals surface area contributed by atoms with E-state index < -0.39 is 0 Å². The number of imidazole rings is 1. The summed E-state index contributed by atoms with van der Waals surface area (Å²) in [7, 11) is 0. The van der Waals surface area contributed by atoms with Crippen molar-refractivity contribution in [2.45, 2.75) is 19.3 Å². The summed E-state index contributed by atoms with van der Waals surface area (Å²) < 4.78 is 3.23. The van der Waals surface area contributed by atoms with Gasteiger partial charge in [0.05, 0.1) is 5.69 Å². The average molecular weight is 306 g/mol. The summed E-state index contributed by atoms with van der Waals surface area (Å²) in [5.41, 5.74) is 2.56. The van der Waals surface area contributed by atoms with Crippen LogP contribution in [0.5, 0.6) is 0 Å². The number of rotatable bonds is 2. The minimum Gasteiger partial charge on any atom is -0.316 e. The summed E-state index contributed by atoms with van der Waals surface area (Å²) in [6.45, 7) is 4.24. The van der Waals surface area contributed by atoms with E-state index in [1.165, 1.54) is 12.0 Å². The van der Waals surface area contributed by atoms with Gasteiger partial charge in [0, 0.05) is 23.4 Å². The van der Waals surface area contributed by atoms with Crippen LogP contribution in [-0.4, -0.2) is 22.6 Å². The predicted octanol–water partition coefficient (Wildman–Crippen LogP) is 3.02. The zero-order chi connectivity index (χ0) is 12.5. The summed E-state index contributed by atoms with van der Waals surface area (Å²) in [4.78, 5) is 4.27. The van der Waals surface area contributed by atoms with Crippen LogP contribution < -0.4 is 5.32 Å². The third-order valence-electron chi connectivity index (χ3n) is 3.59. The SMILES string of the molecule is Cc1nccn1-c1ccc(C2CCNC2)cc1Br. The molecule has 1 unspecified atom stereocenters. The second-order valence-electron chi connectivity index (χ2n) is 4.75. The van der Waals surface area contributed by atoms with Crippen LogP contribution in [0.1, 0.15) is 23.7 Å². The topological polar surface area (TPSA) is 29.9 Å². The summed E-state index contributed by atoms with van der Waals surface area (Å²) in [6, 6.07) is 6.65. The Hall–Kier alpha value is -1.13. The van der Waals surface area contributed by atoms with Gasteiger partial charge in [0.2, 0.25) is 0 Å². The standard InChI is InChI=1S/C14H16BrN3/c1-10-17-6-7-18(10)14-3-2-11(8-13(14)15)12-4-5-16-9-12/h2-3,6-8,12,16H,4-5,9H2,1H3. The van der Waals surface area contributed by atoms with Crippen molar-refractivity contribution in [2.24, 2.45) is 0 Å². The second kappa shape index (κ2) is 4.86. The van der Waals surface area contributed by atoms with Crippen molar-refractivity contribution in [2.75, 3.05) is 13.1 Å². The van der Waals surface area contributed by atoms with E-state index in [4.69, 9.17) is 0 Å². The monoisotopic (exact) mass is 305 g/mol. The summed E-state index contributed by atoms with van der Waals surface area (Å²) >= 11 is 3.68. The van der Waals surface area contributed by atoms with Gasteiger partial charge in [-0.25, -0.2) is 4.98 Å². The van der Waals surface area contributed by atoms with Crippen molar-refractivity contribution >= 4 is 15.9 Å². The van der Waals surface area contributed by atoms with E-state index in [0.29, 0.717) is 5.92 Å². The summed E-state index contributed by atoms with van der Waals surface area (Å²) in [5, 5.41) is 3.41. The fourth-order valence-electron chi connectivity index (χ4n) is 2.54. The molecule has 1 fully saturated rings. The van der Waals surface area contributed by atoms with E-state index >= 15 is 0 Å². The zero-order valence-corrected chi connectivity index (χ0v) is 11.9. The van der Waals surface area contributed by atoms with Gasteiger partial charge in [-0.05, 0) is 59.4 Å². The first-order valence-corrected chi connectivity index (χ1v) is 7.05. The molecule has 3 nitrogen and oxygen atoms in total. The maximum absolute atomic E-state index is 4.27. The fraction of sp³-hybridized carbons (Fsp3) is 0.357. The van der Waals surface area contributed by atoms with Gasteiger partial charge in [-0.1, -0.05) is 6.07 Å². The van der Waals surface area contributed by atoms with E-state index in [-0.39, 0.29) is 0 Å². The molecule has 1 aromatic carbocycles. The molecule has 0 radical (unpaired) electrons. The number of nitrogens with one attached hydrogen (secondary N) is 1. The van der Waals surface area contributed by atoms with Crippen molar-refractivity contribution < 1.29 is 0 Å². The van der Waals surface area contributed by atoms with Gasteiger partial charge in [0.1, 0.15) is 5.82 Å². The van der Waals surface area contributed by atoms with Crippen molar-refractivity contribution in [1.82, 2.24) is 14.9 Å². The highest BCUT2D eigenvalue weighted by atomic mass is 79.9. The first kappa shape index (κ1) is 11.9. The molecule has 0 aliphatic carbocycles. The molecule has 1 aliphatic heterocycles. The van der Waals surface area contributed by atoms with Crippen LogP contribution in [0.15, 0.2) is 35.1 Å². The predicted molar refractivity (Wildman–Crippen MR) is 76.2 cm³/mol. The van der Waals surface area contributed by atoms with Crippen LogP contribution in [0.25, 0.3) is 5.69 Å². The van der Waals surface area contributed by atoms with Crippen LogP contribution in [0.2, 0.25) is 0 Å². The van der Waals surface area contributed by atoms with E-state index in [0.717, 1.165) is 29.1 Å².